The number of nitrogens with two attached hydrogens (primary N) is 1. The number of carbonyl (C=O) groups is 2. The highest BCUT2D eigenvalue weighted by Gasteiger charge is 2.31. The Morgan fingerprint density at radius 2 is 1.85 bits per heavy atom. The summed E-state index contributed by atoms with van der Waals surface area (Å²) in [5.41, 5.74) is 5.58. The molecule has 0 aliphatic carbocycles. The zero-order chi connectivity index (χ0) is 15.9. The summed E-state index contributed by atoms with van der Waals surface area (Å²) in [6, 6.07) is 0.0151. The van der Waals surface area contributed by atoms with E-state index in [1.54, 1.807) is 6.92 Å². The van der Waals surface area contributed by atoms with Crippen LogP contribution in [0.4, 0.5) is 0 Å². The van der Waals surface area contributed by atoms with Gasteiger partial charge in [0.05, 0.1) is 6.54 Å². The highest BCUT2D eigenvalue weighted by molar-refractivity contribution is 6.03. The lowest BCUT2D eigenvalue weighted by molar-refractivity contribution is -0.138. The van der Waals surface area contributed by atoms with Gasteiger partial charge in [0.1, 0.15) is 5.92 Å². The van der Waals surface area contributed by atoms with Crippen molar-refractivity contribution in [2.45, 2.75) is 40.7 Å². The van der Waals surface area contributed by atoms with Gasteiger partial charge in [0.2, 0.25) is 11.8 Å². The van der Waals surface area contributed by atoms with E-state index < -0.39 is 5.92 Å². The van der Waals surface area contributed by atoms with Crippen molar-refractivity contribution in [1.82, 2.24) is 10.2 Å². The van der Waals surface area contributed by atoms with Gasteiger partial charge in [-0.15, -0.1) is 0 Å². The molecule has 7 nitrogen and oxygen atoms in total. The maximum Gasteiger partial charge on any atom is 0.239 e. The van der Waals surface area contributed by atoms with Gasteiger partial charge in [-0.1, -0.05) is 19.0 Å². The molecule has 4 N–H and O–H groups in total. The number of hydrogen-bond donors (Lipinski definition) is 3. The summed E-state index contributed by atoms with van der Waals surface area (Å²) in [7, 11) is 0. The molecule has 0 aliphatic heterocycles. The quantitative estimate of drug-likeness (QED) is 0.272. The second-order valence-corrected chi connectivity index (χ2v) is 5.32. The molecule has 0 spiro atoms. The van der Waals surface area contributed by atoms with Crippen molar-refractivity contribution in [1.29, 1.82) is 0 Å². The minimum absolute atomic E-state index is 0.0151. The number of likely N-dealkylation sites (N-methyl/N-ethyl adjacent to an activating group) is 1. The molecule has 0 saturated carbocycles. The van der Waals surface area contributed by atoms with Crippen molar-refractivity contribution in [2.24, 2.45) is 22.7 Å². The Labute approximate surface area is 120 Å². The molecule has 0 aromatic heterocycles. The van der Waals surface area contributed by atoms with Crippen molar-refractivity contribution >= 4 is 17.6 Å². The first-order valence-electron chi connectivity index (χ1n) is 6.80. The molecule has 2 amide bonds. The first-order chi connectivity index (χ1) is 9.24. The highest BCUT2D eigenvalue weighted by Crippen LogP contribution is 2.14. The molecule has 0 rings (SSSR count). The molecule has 7 heteroatoms. The summed E-state index contributed by atoms with van der Waals surface area (Å²) < 4.78 is 0. The maximum absolute atomic E-state index is 12.4. The van der Waals surface area contributed by atoms with Gasteiger partial charge in [-0.3, -0.25) is 9.59 Å². The second kappa shape index (κ2) is 8.39. The van der Waals surface area contributed by atoms with Crippen molar-refractivity contribution in [2.75, 3.05) is 13.1 Å². The largest absolute Gasteiger partial charge is 0.409 e. The summed E-state index contributed by atoms with van der Waals surface area (Å²) >= 11 is 0. The smallest absolute Gasteiger partial charge is 0.239 e. The van der Waals surface area contributed by atoms with Gasteiger partial charge in [-0.2, -0.15) is 0 Å². The van der Waals surface area contributed by atoms with E-state index in [4.69, 9.17) is 10.9 Å². The Kier molecular flexibility index (Phi) is 7.64. The van der Waals surface area contributed by atoms with E-state index in [9.17, 15) is 9.59 Å². The summed E-state index contributed by atoms with van der Waals surface area (Å²) in [6.45, 7) is 9.45. The van der Waals surface area contributed by atoms with Crippen molar-refractivity contribution in [3.63, 3.8) is 0 Å². The lowest BCUT2D eigenvalue weighted by atomic mass is 9.93. The third-order valence-corrected chi connectivity index (χ3v) is 2.84. The minimum atomic E-state index is -0.730. The SMILES string of the molecule is CCN(CC(=O)NC(C)C)C(=O)C(C(N)=NO)C(C)C. The van der Waals surface area contributed by atoms with Crippen LogP contribution in [0.2, 0.25) is 0 Å². The third kappa shape index (κ3) is 5.46. The lowest BCUT2D eigenvalue weighted by Gasteiger charge is -2.27. The van der Waals surface area contributed by atoms with E-state index in [2.05, 4.69) is 10.5 Å². The Bertz CT molecular complexity index is 367. The molecule has 0 saturated heterocycles. The molecule has 0 aromatic rings. The Morgan fingerprint density at radius 1 is 1.30 bits per heavy atom. The molecular formula is C13H26N4O3. The third-order valence-electron chi connectivity index (χ3n) is 2.84. The van der Waals surface area contributed by atoms with Crippen LogP contribution in [0.1, 0.15) is 34.6 Å². The Morgan fingerprint density at radius 3 is 2.20 bits per heavy atom. The van der Waals surface area contributed by atoms with Crippen LogP contribution >= 0.6 is 0 Å². The van der Waals surface area contributed by atoms with E-state index >= 15 is 0 Å². The highest BCUT2D eigenvalue weighted by atomic mass is 16.4. The average Bonchev–Trinajstić information content (AvgIpc) is 2.34. The van der Waals surface area contributed by atoms with E-state index in [0.717, 1.165) is 0 Å². The van der Waals surface area contributed by atoms with E-state index in [1.807, 2.05) is 27.7 Å². The number of oxime groups is 1. The van der Waals surface area contributed by atoms with Crippen molar-refractivity contribution in [3.05, 3.63) is 0 Å². The number of amides is 2. The molecule has 0 radical (unpaired) electrons. The number of carbonyl (C=O) groups excluding carboxylic acids is 2. The van der Waals surface area contributed by atoms with Gasteiger partial charge in [-0.05, 0) is 26.7 Å². The first kappa shape index (κ1) is 18.2. The van der Waals surface area contributed by atoms with Crippen molar-refractivity contribution in [3.8, 4) is 0 Å². The van der Waals surface area contributed by atoms with Crippen LogP contribution in [0.15, 0.2) is 5.16 Å². The van der Waals surface area contributed by atoms with Gasteiger partial charge < -0.3 is 21.2 Å². The van der Waals surface area contributed by atoms with Crippen LogP contribution in [0.5, 0.6) is 0 Å². The molecule has 0 aromatic carbocycles. The zero-order valence-corrected chi connectivity index (χ0v) is 12.9. The van der Waals surface area contributed by atoms with Crippen molar-refractivity contribution < 1.29 is 14.8 Å². The van der Waals surface area contributed by atoms with Crippen LogP contribution in [0.3, 0.4) is 0 Å². The van der Waals surface area contributed by atoms with Gasteiger partial charge in [-0.25, -0.2) is 0 Å². The number of hydrogen-bond acceptors (Lipinski definition) is 4. The summed E-state index contributed by atoms with van der Waals surface area (Å²) in [4.78, 5) is 25.6. The maximum atomic E-state index is 12.4. The monoisotopic (exact) mass is 286 g/mol. The molecule has 116 valence electrons. The first-order valence-corrected chi connectivity index (χ1v) is 6.80. The fraction of sp³-hybridized carbons (Fsp3) is 0.769. The van der Waals surface area contributed by atoms with E-state index in [1.165, 1.54) is 4.90 Å². The fourth-order valence-corrected chi connectivity index (χ4v) is 1.90. The molecule has 0 heterocycles. The summed E-state index contributed by atoms with van der Waals surface area (Å²) in [5.74, 6) is -1.52. The standard InChI is InChI=1S/C13H26N4O3/c1-6-17(7-10(18)15-9(4)5)13(19)11(8(2)3)12(14)16-20/h8-9,11,20H,6-7H2,1-5H3,(H2,14,16)(H,15,18). The van der Waals surface area contributed by atoms with Gasteiger partial charge in [0, 0.05) is 12.6 Å². The predicted octanol–water partition coefficient (Wildman–Crippen LogP) is 0.378. The molecule has 1 atom stereocenters. The zero-order valence-electron chi connectivity index (χ0n) is 12.9. The topological polar surface area (TPSA) is 108 Å². The summed E-state index contributed by atoms with van der Waals surface area (Å²) in [6.07, 6.45) is 0. The lowest BCUT2D eigenvalue weighted by Crippen LogP contribution is -2.48. The van der Waals surface area contributed by atoms with Crippen LogP contribution in [0.25, 0.3) is 0 Å². The van der Waals surface area contributed by atoms with Gasteiger partial charge in [0.15, 0.2) is 5.84 Å². The average molecular weight is 286 g/mol. The molecule has 0 fully saturated rings. The molecule has 0 bridgehead atoms. The fourth-order valence-electron chi connectivity index (χ4n) is 1.90. The van der Waals surface area contributed by atoms with Crippen LogP contribution < -0.4 is 11.1 Å². The number of nitrogens with zero attached hydrogens (tertiary/aromatic N) is 2. The Hall–Kier alpha value is -1.79. The Balaban J connectivity index is 4.95. The molecular weight excluding hydrogens is 260 g/mol. The normalized spacial score (nSPS) is 13.4. The van der Waals surface area contributed by atoms with Crippen LogP contribution in [-0.4, -0.2) is 46.9 Å². The minimum Gasteiger partial charge on any atom is -0.409 e. The van der Waals surface area contributed by atoms with Gasteiger partial charge >= 0.3 is 0 Å². The number of amidine groups is 1. The molecule has 20 heavy (non-hydrogen) atoms. The number of nitrogens with one attached hydrogen (secondary N) is 1. The van der Waals surface area contributed by atoms with Crippen LogP contribution in [0, 0.1) is 11.8 Å². The second-order valence-electron chi connectivity index (χ2n) is 5.32. The summed E-state index contributed by atoms with van der Waals surface area (Å²) in [5, 5.41) is 14.4. The van der Waals surface area contributed by atoms with E-state index in [0.29, 0.717) is 6.54 Å². The van der Waals surface area contributed by atoms with Crippen LogP contribution in [-0.2, 0) is 9.59 Å². The molecule has 0 aliphatic rings. The predicted molar refractivity (Wildman–Crippen MR) is 77.3 cm³/mol. The van der Waals surface area contributed by atoms with E-state index in [-0.39, 0.29) is 36.2 Å². The van der Waals surface area contributed by atoms with Gasteiger partial charge in [0.25, 0.3) is 0 Å². The molecule has 1 unspecified atom stereocenters. The number of rotatable bonds is 7.